The first-order valence-corrected chi connectivity index (χ1v) is 9.69. The predicted octanol–water partition coefficient (Wildman–Crippen LogP) is 5.85. The Kier molecular flexibility index (Phi) is 6.67. The van der Waals surface area contributed by atoms with Gasteiger partial charge in [0.2, 0.25) is 0 Å². The lowest BCUT2D eigenvalue weighted by Gasteiger charge is -2.14. The van der Waals surface area contributed by atoms with E-state index in [0.717, 1.165) is 18.7 Å². The standard InChI is InChI=1S/C25H29NO/c1-19(2)15-20-9-11-22(12-10-20)25-16-24(14-13-23(25)17-26-3)27-18-21-7-5-4-6-8-21/h4-14,16,19,26H,15,17-18H2,1-3H3. The number of rotatable bonds is 8. The van der Waals surface area contributed by atoms with E-state index < -0.39 is 0 Å². The molecule has 140 valence electrons. The van der Waals surface area contributed by atoms with Crippen molar-refractivity contribution in [3.8, 4) is 16.9 Å². The summed E-state index contributed by atoms with van der Waals surface area (Å²) in [6.07, 6.45) is 1.11. The zero-order valence-electron chi connectivity index (χ0n) is 16.5. The number of ether oxygens (including phenoxy) is 1. The van der Waals surface area contributed by atoms with Crippen LogP contribution in [0.15, 0.2) is 72.8 Å². The highest BCUT2D eigenvalue weighted by atomic mass is 16.5. The van der Waals surface area contributed by atoms with Crippen LogP contribution in [-0.4, -0.2) is 7.05 Å². The highest BCUT2D eigenvalue weighted by Gasteiger charge is 2.08. The van der Waals surface area contributed by atoms with Crippen molar-refractivity contribution in [2.24, 2.45) is 5.92 Å². The van der Waals surface area contributed by atoms with Gasteiger partial charge >= 0.3 is 0 Å². The van der Waals surface area contributed by atoms with E-state index in [2.05, 4.69) is 73.8 Å². The quantitative estimate of drug-likeness (QED) is 0.545. The maximum Gasteiger partial charge on any atom is 0.120 e. The summed E-state index contributed by atoms with van der Waals surface area (Å²) in [6.45, 7) is 5.93. The van der Waals surface area contributed by atoms with Crippen molar-refractivity contribution in [1.29, 1.82) is 0 Å². The lowest BCUT2D eigenvalue weighted by atomic mass is 9.96. The molecule has 0 atom stereocenters. The maximum absolute atomic E-state index is 6.04. The predicted molar refractivity (Wildman–Crippen MR) is 114 cm³/mol. The monoisotopic (exact) mass is 359 g/mol. The Bertz CT molecular complexity index is 838. The molecular formula is C25H29NO. The van der Waals surface area contributed by atoms with Crippen molar-refractivity contribution in [3.63, 3.8) is 0 Å². The number of benzene rings is 3. The Hall–Kier alpha value is -2.58. The molecule has 0 aliphatic rings. The first-order valence-electron chi connectivity index (χ1n) is 9.69. The highest BCUT2D eigenvalue weighted by Crippen LogP contribution is 2.29. The summed E-state index contributed by atoms with van der Waals surface area (Å²) in [5.41, 5.74) is 6.31. The van der Waals surface area contributed by atoms with Crippen LogP contribution in [-0.2, 0) is 19.6 Å². The van der Waals surface area contributed by atoms with E-state index >= 15 is 0 Å². The molecule has 0 aliphatic carbocycles. The summed E-state index contributed by atoms with van der Waals surface area (Å²) in [5.74, 6) is 1.57. The summed E-state index contributed by atoms with van der Waals surface area (Å²) in [5, 5.41) is 3.27. The van der Waals surface area contributed by atoms with Crippen LogP contribution in [0.3, 0.4) is 0 Å². The largest absolute Gasteiger partial charge is 0.489 e. The fourth-order valence-electron chi connectivity index (χ4n) is 3.29. The molecule has 0 heterocycles. The van der Waals surface area contributed by atoms with Crippen molar-refractivity contribution in [1.82, 2.24) is 5.32 Å². The van der Waals surface area contributed by atoms with Gasteiger partial charge in [0.25, 0.3) is 0 Å². The van der Waals surface area contributed by atoms with Gasteiger partial charge in [-0.3, -0.25) is 0 Å². The molecule has 0 amide bonds. The molecule has 0 radical (unpaired) electrons. The van der Waals surface area contributed by atoms with Crippen molar-refractivity contribution in [2.45, 2.75) is 33.4 Å². The maximum atomic E-state index is 6.04. The van der Waals surface area contributed by atoms with E-state index in [4.69, 9.17) is 4.74 Å². The van der Waals surface area contributed by atoms with Crippen LogP contribution in [0.1, 0.15) is 30.5 Å². The molecule has 0 aliphatic heterocycles. The molecular weight excluding hydrogens is 330 g/mol. The average molecular weight is 360 g/mol. The summed E-state index contributed by atoms with van der Waals surface area (Å²) >= 11 is 0. The van der Waals surface area contributed by atoms with Crippen molar-refractivity contribution in [2.75, 3.05) is 7.05 Å². The van der Waals surface area contributed by atoms with Gasteiger partial charge in [-0.2, -0.15) is 0 Å². The van der Waals surface area contributed by atoms with Gasteiger partial charge in [0.1, 0.15) is 12.4 Å². The molecule has 0 spiro atoms. The van der Waals surface area contributed by atoms with Gasteiger partial charge in [-0.25, -0.2) is 0 Å². The van der Waals surface area contributed by atoms with Gasteiger partial charge in [-0.05, 0) is 59.3 Å². The molecule has 0 bridgehead atoms. The van der Waals surface area contributed by atoms with Gasteiger partial charge in [-0.1, -0.05) is 74.5 Å². The minimum atomic E-state index is 0.582. The van der Waals surface area contributed by atoms with Crippen LogP contribution in [0.25, 0.3) is 11.1 Å². The Balaban J connectivity index is 1.83. The van der Waals surface area contributed by atoms with Crippen molar-refractivity contribution in [3.05, 3.63) is 89.5 Å². The minimum absolute atomic E-state index is 0.582. The molecule has 0 fully saturated rings. The Morgan fingerprint density at radius 2 is 1.59 bits per heavy atom. The Morgan fingerprint density at radius 3 is 2.26 bits per heavy atom. The molecule has 0 aromatic heterocycles. The minimum Gasteiger partial charge on any atom is -0.489 e. The smallest absolute Gasteiger partial charge is 0.120 e. The van der Waals surface area contributed by atoms with Crippen LogP contribution in [0.4, 0.5) is 0 Å². The number of hydrogen-bond acceptors (Lipinski definition) is 2. The average Bonchev–Trinajstić information content (AvgIpc) is 2.68. The third kappa shape index (κ3) is 5.45. The molecule has 27 heavy (non-hydrogen) atoms. The van der Waals surface area contributed by atoms with Gasteiger partial charge in [-0.15, -0.1) is 0 Å². The lowest BCUT2D eigenvalue weighted by molar-refractivity contribution is 0.306. The lowest BCUT2D eigenvalue weighted by Crippen LogP contribution is -2.07. The second-order valence-corrected chi connectivity index (χ2v) is 7.42. The van der Waals surface area contributed by atoms with E-state index in [1.54, 1.807) is 0 Å². The molecule has 2 heteroatoms. The fourth-order valence-corrected chi connectivity index (χ4v) is 3.29. The van der Waals surface area contributed by atoms with Gasteiger partial charge < -0.3 is 10.1 Å². The van der Waals surface area contributed by atoms with Crippen LogP contribution >= 0.6 is 0 Å². The first kappa shape index (κ1) is 19.2. The molecule has 2 nitrogen and oxygen atoms in total. The summed E-state index contributed by atoms with van der Waals surface area (Å²) in [4.78, 5) is 0. The molecule has 0 saturated carbocycles. The van der Waals surface area contributed by atoms with E-state index in [1.165, 1.54) is 27.8 Å². The number of nitrogens with one attached hydrogen (secondary N) is 1. The SMILES string of the molecule is CNCc1ccc(OCc2ccccc2)cc1-c1ccc(CC(C)C)cc1. The molecule has 3 rings (SSSR count). The molecule has 3 aromatic rings. The van der Waals surface area contributed by atoms with Crippen LogP contribution in [0.2, 0.25) is 0 Å². The van der Waals surface area contributed by atoms with Crippen molar-refractivity contribution < 1.29 is 4.74 Å². The van der Waals surface area contributed by atoms with E-state index in [-0.39, 0.29) is 0 Å². The number of hydrogen-bond donors (Lipinski definition) is 1. The van der Waals surface area contributed by atoms with E-state index in [0.29, 0.717) is 12.5 Å². The normalized spacial score (nSPS) is 11.0. The van der Waals surface area contributed by atoms with E-state index in [9.17, 15) is 0 Å². The molecule has 0 saturated heterocycles. The van der Waals surface area contributed by atoms with Gasteiger partial charge in [0.05, 0.1) is 0 Å². The Morgan fingerprint density at radius 1 is 0.852 bits per heavy atom. The van der Waals surface area contributed by atoms with Crippen LogP contribution < -0.4 is 10.1 Å². The topological polar surface area (TPSA) is 21.3 Å². The third-order valence-corrected chi connectivity index (χ3v) is 4.61. The Labute approximate surface area is 163 Å². The van der Waals surface area contributed by atoms with Gasteiger partial charge in [0.15, 0.2) is 0 Å². The molecule has 1 N–H and O–H groups in total. The third-order valence-electron chi connectivity index (χ3n) is 4.61. The second-order valence-electron chi connectivity index (χ2n) is 7.42. The molecule has 3 aromatic carbocycles. The summed E-state index contributed by atoms with van der Waals surface area (Å²) in [7, 11) is 1.98. The van der Waals surface area contributed by atoms with Crippen LogP contribution in [0.5, 0.6) is 5.75 Å². The zero-order valence-corrected chi connectivity index (χ0v) is 16.5. The second kappa shape index (κ2) is 9.38. The summed E-state index contributed by atoms with van der Waals surface area (Å²) < 4.78 is 6.04. The fraction of sp³-hybridized carbons (Fsp3) is 0.280. The highest BCUT2D eigenvalue weighted by molar-refractivity contribution is 5.69. The zero-order chi connectivity index (χ0) is 19.1. The van der Waals surface area contributed by atoms with Crippen LogP contribution in [0, 0.1) is 5.92 Å². The van der Waals surface area contributed by atoms with Gasteiger partial charge in [0, 0.05) is 6.54 Å². The van der Waals surface area contributed by atoms with E-state index in [1.807, 2.05) is 25.2 Å². The van der Waals surface area contributed by atoms with Crippen molar-refractivity contribution >= 4 is 0 Å². The first-order chi connectivity index (χ1) is 13.2. The summed E-state index contributed by atoms with van der Waals surface area (Å²) in [6, 6.07) is 25.6. The molecule has 0 unspecified atom stereocenters.